The van der Waals surface area contributed by atoms with Gasteiger partial charge in [0.05, 0.1) is 10.7 Å². The van der Waals surface area contributed by atoms with Crippen LogP contribution in [0.2, 0.25) is 0 Å². The Morgan fingerprint density at radius 2 is 1.88 bits per heavy atom. The number of benzene rings is 1. The Bertz CT molecular complexity index is 1030. The van der Waals surface area contributed by atoms with Crippen molar-refractivity contribution in [3.63, 3.8) is 0 Å². The largest absolute Gasteiger partial charge is 0.432 e. The van der Waals surface area contributed by atoms with E-state index in [0.29, 0.717) is 38.8 Å². The number of hydrogen-bond donors (Lipinski definition) is 0. The molecule has 1 atom stereocenters. The molecule has 1 aromatic carbocycles. The predicted molar refractivity (Wildman–Crippen MR) is 117 cm³/mol. The van der Waals surface area contributed by atoms with Crippen molar-refractivity contribution in [3.8, 4) is 0 Å². The molecule has 5 nitrogen and oxygen atoms in total. The van der Waals surface area contributed by atoms with Gasteiger partial charge in [-0.15, -0.1) is 11.3 Å². The molecule has 1 aromatic heterocycles. The first-order valence-electron chi connectivity index (χ1n) is 11.0. The van der Waals surface area contributed by atoms with E-state index in [4.69, 9.17) is 4.98 Å². The molecule has 184 valence electrons. The van der Waals surface area contributed by atoms with Crippen molar-refractivity contribution in [2.24, 2.45) is 11.1 Å². The van der Waals surface area contributed by atoms with Crippen molar-refractivity contribution < 1.29 is 31.6 Å². The highest BCUT2D eigenvalue weighted by Gasteiger charge is 2.33. The lowest BCUT2D eigenvalue weighted by molar-refractivity contribution is -0.137. The Kier molecular flexibility index (Phi) is 7.20. The molecule has 0 spiro atoms. The number of rotatable bonds is 6. The molecule has 1 amide bonds. The highest BCUT2D eigenvalue weighted by Crippen LogP contribution is 2.38. The van der Waals surface area contributed by atoms with Gasteiger partial charge in [0, 0.05) is 29.4 Å². The highest BCUT2D eigenvalue weighted by molar-refractivity contribution is 7.11. The SMILES string of the molecule is CC(=NOCC(=O)N1CCC(c2nc3c(s2)CC(Cc2c(F)cccc2F)C3)CC1)C(F)(F)F. The van der Waals surface area contributed by atoms with Gasteiger partial charge in [-0.05, 0) is 57.1 Å². The van der Waals surface area contributed by atoms with Crippen LogP contribution in [0.15, 0.2) is 23.4 Å². The zero-order valence-corrected chi connectivity index (χ0v) is 19.3. The van der Waals surface area contributed by atoms with Crippen LogP contribution in [-0.4, -0.2) is 47.4 Å². The summed E-state index contributed by atoms with van der Waals surface area (Å²) in [6.45, 7) is 1.18. The average Bonchev–Trinajstić information content (AvgIpc) is 3.34. The molecule has 34 heavy (non-hydrogen) atoms. The van der Waals surface area contributed by atoms with Crippen molar-refractivity contribution in [2.75, 3.05) is 19.7 Å². The second-order valence-electron chi connectivity index (χ2n) is 8.70. The van der Waals surface area contributed by atoms with Crippen molar-refractivity contribution in [1.82, 2.24) is 9.88 Å². The number of hydrogen-bond acceptors (Lipinski definition) is 5. The Balaban J connectivity index is 1.26. The summed E-state index contributed by atoms with van der Waals surface area (Å²) in [5, 5.41) is 3.97. The van der Waals surface area contributed by atoms with Gasteiger partial charge in [-0.1, -0.05) is 11.2 Å². The molecule has 0 N–H and O–H groups in total. The number of carbonyl (C=O) groups is 1. The van der Waals surface area contributed by atoms with Crippen LogP contribution in [0.4, 0.5) is 22.0 Å². The highest BCUT2D eigenvalue weighted by atomic mass is 32.1. The third-order valence-electron chi connectivity index (χ3n) is 6.30. The van der Waals surface area contributed by atoms with E-state index >= 15 is 0 Å². The Labute approximate surface area is 197 Å². The van der Waals surface area contributed by atoms with Crippen molar-refractivity contribution in [2.45, 2.75) is 51.1 Å². The zero-order valence-electron chi connectivity index (χ0n) is 18.5. The standard InChI is InChI=1S/C23H24F5N3O2S/c1-13(23(26,27)28)30-33-12-21(32)31-7-5-15(6-8-31)22-29-19-10-14(11-20(19)34-22)9-16-17(24)3-2-4-18(16)25/h2-4,14-15H,5-12H2,1H3. The van der Waals surface area contributed by atoms with Gasteiger partial charge in [0.1, 0.15) is 11.6 Å². The number of thiazole rings is 1. The number of oxime groups is 1. The second kappa shape index (κ2) is 9.97. The summed E-state index contributed by atoms with van der Waals surface area (Å²) in [6, 6.07) is 3.92. The summed E-state index contributed by atoms with van der Waals surface area (Å²) in [5.74, 6) is -1.11. The van der Waals surface area contributed by atoms with Gasteiger partial charge in [-0.25, -0.2) is 13.8 Å². The van der Waals surface area contributed by atoms with E-state index < -0.39 is 36.0 Å². The first-order valence-corrected chi connectivity index (χ1v) is 11.9. The van der Waals surface area contributed by atoms with Gasteiger partial charge < -0.3 is 9.74 Å². The van der Waals surface area contributed by atoms with E-state index in [2.05, 4.69) is 9.99 Å². The lowest BCUT2D eigenvalue weighted by atomic mass is 9.96. The summed E-state index contributed by atoms with van der Waals surface area (Å²) in [7, 11) is 0. The minimum atomic E-state index is -4.58. The molecule has 1 unspecified atom stereocenters. The minimum absolute atomic E-state index is 0.123. The number of nitrogens with zero attached hydrogens (tertiary/aromatic N) is 3. The fourth-order valence-corrected chi connectivity index (χ4v) is 5.74. The van der Waals surface area contributed by atoms with Crippen LogP contribution in [0, 0.1) is 17.6 Å². The maximum Gasteiger partial charge on any atom is 0.432 e. The van der Waals surface area contributed by atoms with Crippen LogP contribution in [0.5, 0.6) is 0 Å². The molecule has 0 radical (unpaired) electrons. The molecule has 4 rings (SSSR count). The van der Waals surface area contributed by atoms with Crippen molar-refractivity contribution in [1.29, 1.82) is 0 Å². The van der Waals surface area contributed by atoms with E-state index in [-0.39, 0.29) is 17.4 Å². The lowest BCUT2D eigenvalue weighted by Gasteiger charge is -2.30. The monoisotopic (exact) mass is 501 g/mol. The molecule has 2 heterocycles. The third-order valence-corrected chi connectivity index (χ3v) is 7.58. The zero-order chi connectivity index (χ0) is 24.5. The molecule has 0 bridgehead atoms. The molecule has 2 aliphatic rings. The fourth-order valence-electron chi connectivity index (χ4n) is 4.37. The summed E-state index contributed by atoms with van der Waals surface area (Å²) in [6.07, 6.45) is -1.41. The number of aromatic nitrogens is 1. The number of likely N-dealkylation sites (tertiary alicyclic amines) is 1. The average molecular weight is 502 g/mol. The van der Waals surface area contributed by atoms with Crippen LogP contribution in [-0.2, 0) is 28.9 Å². The van der Waals surface area contributed by atoms with Crippen LogP contribution < -0.4 is 0 Å². The predicted octanol–water partition coefficient (Wildman–Crippen LogP) is 5.04. The van der Waals surface area contributed by atoms with E-state index in [9.17, 15) is 26.7 Å². The lowest BCUT2D eigenvalue weighted by Crippen LogP contribution is -2.39. The van der Waals surface area contributed by atoms with Gasteiger partial charge in [0.2, 0.25) is 0 Å². The fraction of sp³-hybridized carbons (Fsp3) is 0.522. The Hall–Kier alpha value is -2.56. The van der Waals surface area contributed by atoms with Gasteiger partial charge >= 0.3 is 6.18 Å². The van der Waals surface area contributed by atoms with Gasteiger partial charge in [0.15, 0.2) is 12.3 Å². The molecule has 1 aliphatic carbocycles. The number of halogens is 5. The normalized spacial score (nSPS) is 19.4. The minimum Gasteiger partial charge on any atom is -0.385 e. The van der Waals surface area contributed by atoms with Gasteiger partial charge in [0.25, 0.3) is 5.91 Å². The van der Waals surface area contributed by atoms with Crippen molar-refractivity contribution in [3.05, 3.63) is 51.0 Å². The summed E-state index contributed by atoms with van der Waals surface area (Å²) in [4.78, 5) is 24.3. The Morgan fingerprint density at radius 1 is 1.21 bits per heavy atom. The molecule has 11 heteroatoms. The molecule has 1 aliphatic heterocycles. The van der Waals surface area contributed by atoms with Crippen LogP contribution in [0.3, 0.4) is 0 Å². The van der Waals surface area contributed by atoms with Crippen LogP contribution in [0.1, 0.15) is 46.8 Å². The molecule has 1 fully saturated rings. The van der Waals surface area contributed by atoms with E-state index in [0.717, 1.165) is 28.9 Å². The Morgan fingerprint density at radius 3 is 2.50 bits per heavy atom. The number of fused-ring (bicyclic) bond motifs is 1. The van der Waals surface area contributed by atoms with E-state index in [1.54, 1.807) is 16.2 Å². The summed E-state index contributed by atoms with van der Waals surface area (Å²) in [5.41, 5.74) is -0.0215. The first-order chi connectivity index (χ1) is 16.1. The molecule has 2 aromatic rings. The number of alkyl halides is 3. The molecule has 0 saturated carbocycles. The quantitative estimate of drug-likeness (QED) is 0.317. The second-order valence-corrected chi connectivity index (χ2v) is 9.82. The smallest absolute Gasteiger partial charge is 0.385 e. The molecule has 1 saturated heterocycles. The molecular weight excluding hydrogens is 477 g/mol. The maximum absolute atomic E-state index is 14.0. The number of piperidine rings is 1. The summed E-state index contributed by atoms with van der Waals surface area (Å²) < 4.78 is 65.1. The first kappa shape index (κ1) is 24.6. The molecular formula is C23H24F5N3O2S. The van der Waals surface area contributed by atoms with Gasteiger partial charge in [-0.3, -0.25) is 4.79 Å². The van der Waals surface area contributed by atoms with Gasteiger partial charge in [-0.2, -0.15) is 13.2 Å². The van der Waals surface area contributed by atoms with E-state index in [1.807, 2.05) is 0 Å². The van der Waals surface area contributed by atoms with Crippen LogP contribution >= 0.6 is 11.3 Å². The third kappa shape index (κ3) is 5.56. The van der Waals surface area contributed by atoms with Crippen LogP contribution in [0.25, 0.3) is 0 Å². The van der Waals surface area contributed by atoms with E-state index in [1.165, 1.54) is 18.2 Å². The number of amides is 1. The number of carbonyl (C=O) groups excluding carboxylic acids is 1. The summed E-state index contributed by atoms with van der Waals surface area (Å²) >= 11 is 1.63. The maximum atomic E-state index is 14.0. The topological polar surface area (TPSA) is 54.8 Å². The van der Waals surface area contributed by atoms with Crippen molar-refractivity contribution >= 4 is 23.0 Å².